The SMILES string of the molecule is COc1cc(N)ccc1C=C(C#N)c1cccs1. The minimum Gasteiger partial charge on any atom is -0.496 e. The van der Waals surface area contributed by atoms with E-state index in [0.717, 1.165) is 10.4 Å². The second-order valence-electron chi connectivity index (χ2n) is 3.65. The fraction of sp³-hybridized carbons (Fsp3) is 0.0714. The zero-order valence-electron chi connectivity index (χ0n) is 9.88. The van der Waals surface area contributed by atoms with Gasteiger partial charge in [0, 0.05) is 22.2 Å². The number of hydrogen-bond acceptors (Lipinski definition) is 4. The third-order valence-corrected chi connectivity index (χ3v) is 3.37. The van der Waals surface area contributed by atoms with Crippen molar-refractivity contribution >= 4 is 28.7 Å². The minimum absolute atomic E-state index is 0.619. The van der Waals surface area contributed by atoms with Gasteiger partial charge in [-0.3, -0.25) is 0 Å². The Hall–Kier alpha value is -2.25. The summed E-state index contributed by atoms with van der Waals surface area (Å²) in [4.78, 5) is 0.941. The topological polar surface area (TPSA) is 59.0 Å². The Kier molecular flexibility index (Phi) is 3.66. The summed E-state index contributed by atoms with van der Waals surface area (Å²) in [5, 5.41) is 11.1. The lowest BCUT2D eigenvalue weighted by molar-refractivity contribution is 0.414. The summed E-state index contributed by atoms with van der Waals surface area (Å²) in [6.45, 7) is 0. The molecular weight excluding hydrogens is 244 g/mol. The van der Waals surface area contributed by atoms with Crippen LogP contribution in [0.4, 0.5) is 5.69 Å². The zero-order chi connectivity index (χ0) is 13.0. The number of nitrogen functional groups attached to an aromatic ring is 1. The van der Waals surface area contributed by atoms with Crippen LogP contribution in [0, 0.1) is 11.3 Å². The van der Waals surface area contributed by atoms with E-state index in [4.69, 9.17) is 10.5 Å². The molecule has 0 aliphatic heterocycles. The van der Waals surface area contributed by atoms with Crippen LogP contribution >= 0.6 is 11.3 Å². The molecule has 0 spiro atoms. The second kappa shape index (κ2) is 5.39. The number of ether oxygens (including phenoxy) is 1. The fourth-order valence-corrected chi connectivity index (χ4v) is 2.29. The summed E-state index contributed by atoms with van der Waals surface area (Å²) in [6.07, 6.45) is 1.81. The van der Waals surface area contributed by atoms with E-state index in [1.54, 1.807) is 19.2 Å². The van der Waals surface area contributed by atoms with E-state index in [9.17, 15) is 5.26 Å². The van der Waals surface area contributed by atoms with E-state index in [1.165, 1.54) is 11.3 Å². The molecule has 0 aliphatic rings. The number of nitrogens with zero attached hydrogens (tertiary/aromatic N) is 1. The molecule has 18 heavy (non-hydrogen) atoms. The summed E-state index contributed by atoms with van der Waals surface area (Å²) in [6, 6.07) is 11.4. The van der Waals surface area contributed by atoms with Crippen LogP contribution in [0.25, 0.3) is 11.6 Å². The van der Waals surface area contributed by atoms with Crippen molar-refractivity contribution < 1.29 is 4.74 Å². The number of nitriles is 1. The van der Waals surface area contributed by atoms with E-state index in [-0.39, 0.29) is 0 Å². The van der Waals surface area contributed by atoms with Gasteiger partial charge < -0.3 is 10.5 Å². The molecule has 0 amide bonds. The molecule has 1 heterocycles. The first kappa shape index (κ1) is 12.2. The lowest BCUT2D eigenvalue weighted by atomic mass is 10.1. The van der Waals surface area contributed by atoms with Crippen LogP contribution in [0.1, 0.15) is 10.4 Å². The van der Waals surface area contributed by atoms with Crippen LogP contribution in [0.3, 0.4) is 0 Å². The Labute approximate surface area is 110 Å². The second-order valence-corrected chi connectivity index (χ2v) is 4.60. The first-order chi connectivity index (χ1) is 8.74. The van der Waals surface area contributed by atoms with Crippen molar-refractivity contribution in [1.82, 2.24) is 0 Å². The van der Waals surface area contributed by atoms with Crippen molar-refractivity contribution in [2.45, 2.75) is 0 Å². The van der Waals surface area contributed by atoms with E-state index in [2.05, 4.69) is 6.07 Å². The Morgan fingerprint density at radius 1 is 1.44 bits per heavy atom. The summed E-state index contributed by atoms with van der Waals surface area (Å²) < 4.78 is 5.26. The number of hydrogen-bond donors (Lipinski definition) is 1. The van der Waals surface area contributed by atoms with Gasteiger partial charge in [-0.25, -0.2) is 0 Å². The summed E-state index contributed by atoms with van der Waals surface area (Å²) in [7, 11) is 1.59. The maximum absolute atomic E-state index is 9.20. The van der Waals surface area contributed by atoms with Crippen LogP contribution in [0.5, 0.6) is 5.75 Å². The lowest BCUT2D eigenvalue weighted by Gasteiger charge is -2.06. The molecule has 0 radical (unpaired) electrons. The minimum atomic E-state index is 0.619. The molecule has 2 N–H and O–H groups in total. The average molecular weight is 256 g/mol. The maximum atomic E-state index is 9.20. The van der Waals surface area contributed by atoms with Crippen molar-refractivity contribution in [3.05, 3.63) is 46.2 Å². The highest BCUT2D eigenvalue weighted by Gasteiger charge is 2.05. The molecule has 0 bridgehead atoms. The highest BCUT2D eigenvalue weighted by molar-refractivity contribution is 7.11. The van der Waals surface area contributed by atoms with Gasteiger partial charge >= 0.3 is 0 Å². The van der Waals surface area contributed by atoms with Gasteiger partial charge in [0.15, 0.2) is 0 Å². The third-order valence-electron chi connectivity index (χ3n) is 2.46. The van der Waals surface area contributed by atoms with Gasteiger partial charge in [0.05, 0.1) is 12.7 Å². The van der Waals surface area contributed by atoms with Gasteiger partial charge in [-0.15, -0.1) is 11.3 Å². The maximum Gasteiger partial charge on any atom is 0.128 e. The Morgan fingerprint density at radius 3 is 2.89 bits per heavy atom. The van der Waals surface area contributed by atoms with Crippen molar-refractivity contribution in [2.24, 2.45) is 0 Å². The standard InChI is InChI=1S/C14H12N2OS/c1-17-13-8-12(16)5-4-10(13)7-11(9-15)14-3-2-6-18-14/h2-8H,16H2,1H3. The first-order valence-electron chi connectivity index (χ1n) is 5.34. The Morgan fingerprint density at radius 2 is 2.28 bits per heavy atom. The van der Waals surface area contributed by atoms with Gasteiger partial charge in [0.25, 0.3) is 0 Å². The molecule has 0 atom stereocenters. The van der Waals surface area contributed by atoms with E-state index < -0.39 is 0 Å². The predicted octanol–water partition coefficient (Wildman–Crippen LogP) is 3.40. The molecule has 2 rings (SSSR count). The van der Waals surface area contributed by atoms with Crippen LogP contribution in [-0.4, -0.2) is 7.11 Å². The van der Waals surface area contributed by atoms with E-state index >= 15 is 0 Å². The molecule has 3 nitrogen and oxygen atoms in total. The van der Waals surface area contributed by atoms with Crippen molar-refractivity contribution in [1.29, 1.82) is 5.26 Å². The van der Waals surface area contributed by atoms with Gasteiger partial charge in [0.2, 0.25) is 0 Å². The highest BCUT2D eigenvalue weighted by atomic mass is 32.1. The van der Waals surface area contributed by atoms with Gasteiger partial charge in [-0.2, -0.15) is 5.26 Å². The van der Waals surface area contributed by atoms with Crippen molar-refractivity contribution in [3.8, 4) is 11.8 Å². The van der Waals surface area contributed by atoms with Crippen molar-refractivity contribution in [3.63, 3.8) is 0 Å². The van der Waals surface area contributed by atoms with Gasteiger partial charge in [-0.05, 0) is 29.7 Å². The molecule has 1 aromatic heterocycles. The summed E-state index contributed by atoms with van der Waals surface area (Å²) in [5.74, 6) is 0.666. The molecule has 2 aromatic rings. The number of allylic oxidation sites excluding steroid dienone is 1. The van der Waals surface area contributed by atoms with Crippen LogP contribution < -0.4 is 10.5 Å². The molecule has 0 unspecified atom stereocenters. The van der Waals surface area contributed by atoms with Crippen molar-refractivity contribution in [2.75, 3.05) is 12.8 Å². The quantitative estimate of drug-likeness (QED) is 0.676. The van der Waals surface area contributed by atoms with Gasteiger partial charge in [0.1, 0.15) is 11.8 Å². The van der Waals surface area contributed by atoms with Crippen LogP contribution in [0.2, 0.25) is 0 Å². The number of nitrogens with two attached hydrogens (primary N) is 1. The predicted molar refractivity (Wildman–Crippen MR) is 75.2 cm³/mol. The number of anilines is 1. The fourth-order valence-electron chi connectivity index (χ4n) is 1.59. The third kappa shape index (κ3) is 2.53. The number of methoxy groups -OCH3 is 1. The molecule has 0 saturated heterocycles. The van der Waals surface area contributed by atoms with E-state index in [0.29, 0.717) is 17.0 Å². The smallest absolute Gasteiger partial charge is 0.128 e. The van der Waals surface area contributed by atoms with Crippen LogP contribution in [0.15, 0.2) is 35.7 Å². The van der Waals surface area contributed by atoms with Gasteiger partial charge in [-0.1, -0.05) is 6.07 Å². The number of benzene rings is 1. The molecule has 1 aromatic carbocycles. The molecular formula is C14H12N2OS. The summed E-state index contributed by atoms with van der Waals surface area (Å²) in [5.41, 5.74) is 7.80. The lowest BCUT2D eigenvalue weighted by Crippen LogP contribution is -1.91. The zero-order valence-corrected chi connectivity index (χ0v) is 10.7. The Balaban J connectivity index is 2.46. The van der Waals surface area contributed by atoms with Crippen LogP contribution in [-0.2, 0) is 0 Å². The molecule has 0 saturated carbocycles. The normalized spacial score (nSPS) is 11.0. The molecule has 0 aliphatic carbocycles. The molecule has 4 heteroatoms. The van der Waals surface area contributed by atoms with E-state index in [1.807, 2.05) is 29.7 Å². The number of rotatable bonds is 3. The monoisotopic (exact) mass is 256 g/mol. The molecule has 0 fully saturated rings. The highest BCUT2D eigenvalue weighted by Crippen LogP contribution is 2.28. The molecule has 90 valence electrons. The Bertz CT molecular complexity index is 609. The average Bonchev–Trinajstić information content (AvgIpc) is 2.91. The largest absolute Gasteiger partial charge is 0.496 e. The number of thiophene rings is 1. The first-order valence-corrected chi connectivity index (χ1v) is 6.21. The summed E-state index contributed by atoms with van der Waals surface area (Å²) >= 11 is 1.54.